The molecule has 2 fully saturated rings. The molecule has 1 aromatic heterocycles. The highest BCUT2D eigenvalue weighted by Gasteiger charge is 2.31. The molecule has 0 aromatic carbocycles. The average Bonchev–Trinajstić information content (AvgIpc) is 3.27. The Bertz CT molecular complexity index is 539. The number of pyridine rings is 1. The first-order valence-electron chi connectivity index (χ1n) is 6.78. The Labute approximate surface area is 121 Å². The summed E-state index contributed by atoms with van der Waals surface area (Å²) in [7, 11) is 0. The molecule has 1 aromatic rings. The summed E-state index contributed by atoms with van der Waals surface area (Å²) in [4.78, 5) is 7.05. The van der Waals surface area contributed by atoms with E-state index in [9.17, 15) is 5.26 Å². The second-order valence-corrected chi connectivity index (χ2v) is 6.05. The maximum atomic E-state index is 9.45. The van der Waals surface area contributed by atoms with Crippen LogP contribution in [-0.4, -0.2) is 31.2 Å². The second-order valence-electron chi connectivity index (χ2n) is 5.26. The van der Waals surface area contributed by atoms with Gasteiger partial charge in [0.2, 0.25) is 0 Å². The fourth-order valence-electron chi connectivity index (χ4n) is 2.56. The zero-order chi connectivity index (χ0) is 13.4. The van der Waals surface area contributed by atoms with E-state index in [2.05, 4.69) is 32.2 Å². The number of rotatable bonds is 2. The second kappa shape index (κ2) is 5.10. The van der Waals surface area contributed by atoms with E-state index < -0.39 is 0 Å². The summed E-state index contributed by atoms with van der Waals surface area (Å²) >= 11 is 3.63. The highest BCUT2D eigenvalue weighted by atomic mass is 79.9. The molecule has 2 heterocycles. The zero-order valence-corrected chi connectivity index (χ0v) is 12.6. The van der Waals surface area contributed by atoms with Gasteiger partial charge in [-0.2, -0.15) is 5.26 Å². The Hall–Kier alpha value is -1.12. The van der Waals surface area contributed by atoms with Gasteiger partial charge in [0.1, 0.15) is 11.9 Å². The molecule has 0 amide bonds. The molecule has 0 spiro atoms. The monoisotopic (exact) mass is 320 g/mol. The number of nitrogens with zero attached hydrogens (tertiary/aromatic N) is 3. The predicted molar refractivity (Wildman–Crippen MR) is 78.4 cm³/mol. The Balaban J connectivity index is 2.08. The lowest BCUT2D eigenvalue weighted by Gasteiger charge is -2.30. The van der Waals surface area contributed by atoms with E-state index in [1.54, 1.807) is 0 Å². The number of nitriles is 1. The van der Waals surface area contributed by atoms with Crippen molar-refractivity contribution in [2.24, 2.45) is 0 Å². The van der Waals surface area contributed by atoms with Crippen molar-refractivity contribution in [2.45, 2.75) is 25.7 Å². The van der Waals surface area contributed by atoms with E-state index in [0.29, 0.717) is 5.92 Å². The summed E-state index contributed by atoms with van der Waals surface area (Å²) < 4.78 is 1.03. The third-order valence-electron chi connectivity index (χ3n) is 3.87. The average molecular weight is 321 g/mol. The standard InChI is InChI=1S/C14H17BrN4/c1-9-11(8-16)14(19-6-4-17-5-7-19)18-13(12(9)15)10-2-3-10/h10,17H,2-7H2,1H3. The van der Waals surface area contributed by atoms with Gasteiger partial charge in [-0.1, -0.05) is 0 Å². The van der Waals surface area contributed by atoms with Gasteiger partial charge in [-0.15, -0.1) is 0 Å². The lowest BCUT2D eigenvalue weighted by Crippen LogP contribution is -2.44. The van der Waals surface area contributed by atoms with Crippen molar-refractivity contribution in [2.75, 3.05) is 31.1 Å². The van der Waals surface area contributed by atoms with Gasteiger partial charge in [-0.05, 0) is 41.3 Å². The molecule has 4 nitrogen and oxygen atoms in total. The summed E-state index contributed by atoms with van der Waals surface area (Å²) in [6, 6.07) is 2.33. The highest BCUT2D eigenvalue weighted by molar-refractivity contribution is 9.10. The summed E-state index contributed by atoms with van der Waals surface area (Å²) in [5.41, 5.74) is 2.90. The van der Waals surface area contributed by atoms with Crippen LogP contribution in [-0.2, 0) is 0 Å². The molecular weight excluding hydrogens is 304 g/mol. The molecule has 1 saturated carbocycles. The molecule has 2 aliphatic rings. The number of hydrogen-bond donors (Lipinski definition) is 1. The number of hydrogen-bond acceptors (Lipinski definition) is 4. The largest absolute Gasteiger partial charge is 0.353 e. The van der Waals surface area contributed by atoms with Crippen LogP contribution in [0.2, 0.25) is 0 Å². The lowest BCUT2D eigenvalue weighted by molar-refractivity contribution is 0.583. The van der Waals surface area contributed by atoms with E-state index >= 15 is 0 Å². The fourth-order valence-corrected chi connectivity index (χ4v) is 3.17. The van der Waals surface area contributed by atoms with E-state index in [1.165, 1.54) is 12.8 Å². The van der Waals surface area contributed by atoms with Crippen LogP contribution >= 0.6 is 15.9 Å². The molecule has 1 aliphatic carbocycles. The van der Waals surface area contributed by atoms with Crippen LogP contribution in [0.4, 0.5) is 5.82 Å². The molecule has 100 valence electrons. The minimum Gasteiger partial charge on any atom is -0.353 e. The van der Waals surface area contributed by atoms with Gasteiger partial charge in [-0.3, -0.25) is 0 Å². The van der Waals surface area contributed by atoms with Crippen LogP contribution in [0.1, 0.15) is 35.6 Å². The maximum absolute atomic E-state index is 9.45. The van der Waals surface area contributed by atoms with Crippen molar-refractivity contribution in [3.05, 3.63) is 21.3 Å². The van der Waals surface area contributed by atoms with E-state index in [-0.39, 0.29) is 0 Å². The number of piperazine rings is 1. The first-order chi connectivity index (χ1) is 9.22. The van der Waals surface area contributed by atoms with Gasteiger partial charge in [0.15, 0.2) is 0 Å². The molecule has 0 unspecified atom stereocenters. The van der Waals surface area contributed by atoms with Gasteiger partial charge in [0.05, 0.1) is 11.3 Å². The third-order valence-corrected chi connectivity index (χ3v) is 4.87. The summed E-state index contributed by atoms with van der Waals surface area (Å²) in [5, 5.41) is 12.8. The van der Waals surface area contributed by atoms with E-state index in [4.69, 9.17) is 4.98 Å². The predicted octanol–water partition coefficient (Wildman–Crippen LogP) is 2.31. The van der Waals surface area contributed by atoms with E-state index in [1.807, 2.05) is 6.92 Å². The molecule has 19 heavy (non-hydrogen) atoms. The van der Waals surface area contributed by atoms with Gasteiger partial charge in [0.25, 0.3) is 0 Å². The van der Waals surface area contributed by atoms with Crippen LogP contribution in [0.15, 0.2) is 4.47 Å². The first-order valence-corrected chi connectivity index (χ1v) is 7.57. The number of halogens is 1. The molecule has 5 heteroatoms. The topological polar surface area (TPSA) is 52.0 Å². The Morgan fingerprint density at radius 3 is 2.63 bits per heavy atom. The van der Waals surface area contributed by atoms with Crippen LogP contribution in [0, 0.1) is 18.3 Å². The highest BCUT2D eigenvalue weighted by Crippen LogP contribution is 2.44. The quantitative estimate of drug-likeness (QED) is 0.908. The maximum Gasteiger partial charge on any atom is 0.147 e. The molecular formula is C14H17BrN4. The number of nitrogens with one attached hydrogen (secondary N) is 1. The van der Waals surface area contributed by atoms with E-state index in [0.717, 1.165) is 53.3 Å². The molecule has 1 aliphatic heterocycles. The third kappa shape index (κ3) is 2.35. The van der Waals surface area contributed by atoms with Crippen molar-refractivity contribution in [3.8, 4) is 6.07 Å². The number of anilines is 1. The first kappa shape index (κ1) is 12.9. The van der Waals surface area contributed by atoms with Crippen LogP contribution in [0.3, 0.4) is 0 Å². The lowest BCUT2D eigenvalue weighted by atomic mass is 10.1. The van der Waals surface area contributed by atoms with Gasteiger partial charge in [0, 0.05) is 36.6 Å². The molecule has 1 saturated heterocycles. The van der Waals surface area contributed by atoms with Gasteiger partial charge >= 0.3 is 0 Å². The minimum atomic E-state index is 0.586. The number of aromatic nitrogens is 1. The zero-order valence-electron chi connectivity index (χ0n) is 11.0. The molecule has 1 N–H and O–H groups in total. The van der Waals surface area contributed by atoms with Gasteiger partial charge < -0.3 is 10.2 Å². The minimum absolute atomic E-state index is 0.586. The van der Waals surface area contributed by atoms with Crippen molar-refractivity contribution in [3.63, 3.8) is 0 Å². The molecule has 3 rings (SSSR count). The van der Waals surface area contributed by atoms with Crippen molar-refractivity contribution < 1.29 is 0 Å². The Morgan fingerprint density at radius 1 is 1.37 bits per heavy atom. The normalized spacial score (nSPS) is 19.3. The Morgan fingerprint density at radius 2 is 2.05 bits per heavy atom. The Kier molecular flexibility index (Phi) is 3.46. The van der Waals surface area contributed by atoms with Crippen molar-refractivity contribution in [1.82, 2.24) is 10.3 Å². The molecule has 0 atom stereocenters. The van der Waals surface area contributed by atoms with Crippen LogP contribution < -0.4 is 10.2 Å². The molecule has 0 radical (unpaired) electrons. The summed E-state index contributed by atoms with van der Waals surface area (Å²) in [6.45, 7) is 5.78. The van der Waals surface area contributed by atoms with Crippen molar-refractivity contribution in [1.29, 1.82) is 5.26 Å². The SMILES string of the molecule is Cc1c(Br)c(C2CC2)nc(N2CCNCC2)c1C#N. The van der Waals surface area contributed by atoms with Crippen LogP contribution in [0.5, 0.6) is 0 Å². The smallest absolute Gasteiger partial charge is 0.147 e. The van der Waals surface area contributed by atoms with Gasteiger partial charge in [-0.25, -0.2) is 4.98 Å². The van der Waals surface area contributed by atoms with Crippen molar-refractivity contribution >= 4 is 21.7 Å². The summed E-state index contributed by atoms with van der Waals surface area (Å²) in [6.07, 6.45) is 2.44. The summed E-state index contributed by atoms with van der Waals surface area (Å²) in [5.74, 6) is 1.47. The van der Waals surface area contributed by atoms with Crippen LogP contribution in [0.25, 0.3) is 0 Å². The fraction of sp³-hybridized carbons (Fsp3) is 0.571. The molecule has 0 bridgehead atoms.